The molecular weight excluding hydrogens is 807 g/mol. The van der Waals surface area contributed by atoms with Crippen LogP contribution in [-0.2, 0) is 5.41 Å². The molecule has 2 aromatic heterocycles. The third-order valence-electron chi connectivity index (χ3n) is 12.1. The van der Waals surface area contributed by atoms with Gasteiger partial charge in [0.15, 0.2) is 0 Å². The van der Waals surface area contributed by atoms with Gasteiger partial charge in [-0.2, -0.15) is 0 Å². The van der Waals surface area contributed by atoms with Gasteiger partial charge in [0.1, 0.15) is 29.0 Å². The van der Waals surface area contributed by atoms with Gasteiger partial charge < -0.3 is 4.74 Å². The standard InChI is InChI=1S/C58H42F2N4O/c1-58(2,3)41-27-28-61-57(33-41)64-53-22-12-10-20-50(53)51-26-25-45(36-56(51)64)65-46-32-40(48-18-8-7-17-47(48)38-15-5-4-6-16-38)31-44(35-46)62-37-63(55-24-14-13-23-54(55)62)52-21-11-9-19-49(52)39-29-42(59)34-43(60)30-39/h4-36H,1-3H3/q+2. The Labute approximate surface area is 375 Å². The van der Waals surface area contributed by atoms with E-state index >= 15 is 0 Å². The van der Waals surface area contributed by atoms with Gasteiger partial charge in [-0.3, -0.25) is 4.57 Å². The van der Waals surface area contributed by atoms with Gasteiger partial charge in [-0.15, -0.1) is 0 Å². The summed E-state index contributed by atoms with van der Waals surface area (Å²) in [5.41, 5.74) is 11.7. The van der Waals surface area contributed by atoms with E-state index in [-0.39, 0.29) is 5.41 Å². The summed E-state index contributed by atoms with van der Waals surface area (Å²) in [6, 6.07) is 66.9. The first-order valence-electron chi connectivity index (χ1n) is 21.7. The SMILES string of the molecule is CC(C)(C)c1ccnc(-n2c3ccccc3c3ccc(Oc4cc(-c5ccccc5-c5ccccc5)cc([N+]5=C=[N+](c6ccccc6-c6cc(F)cc(F)c6)c6ccccc65)c4)cc32)c1. The molecule has 1 aliphatic heterocycles. The summed E-state index contributed by atoms with van der Waals surface area (Å²) in [4.78, 5) is 4.89. The van der Waals surface area contributed by atoms with Crippen molar-refractivity contribution in [2.45, 2.75) is 26.2 Å². The first-order chi connectivity index (χ1) is 31.7. The minimum atomic E-state index is -0.640. The van der Waals surface area contributed by atoms with Crippen molar-refractivity contribution >= 4 is 50.6 Å². The number of benzene rings is 8. The fourth-order valence-electron chi connectivity index (χ4n) is 8.99. The zero-order chi connectivity index (χ0) is 44.2. The first-order valence-corrected chi connectivity index (χ1v) is 21.7. The van der Waals surface area contributed by atoms with Crippen LogP contribution in [-0.4, -0.2) is 15.6 Å². The zero-order valence-electron chi connectivity index (χ0n) is 36.0. The largest absolute Gasteiger partial charge is 0.503 e. The summed E-state index contributed by atoms with van der Waals surface area (Å²) in [6.45, 7) is 6.64. The van der Waals surface area contributed by atoms with Gasteiger partial charge in [-0.05, 0) is 103 Å². The van der Waals surface area contributed by atoms with Crippen LogP contribution in [0.4, 0.5) is 31.5 Å². The minimum Gasteiger partial charge on any atom is -0.457 e. The summed E-state index contributed by atoms with van der Waals surface area (Å²) >= 11 is 0. The van der Waals surface area contributed by atoms with Crippen LogP contribution in [0.15, 0.2) is 200 Å². The van der Waals surface area contributed by atoms with Crippen LogP contribution in [0.25, 0.3) is 61.0 Å². The number of aromatic nitrogens is 2. The molecule has 0 fully saturated rings. The van der Waals surface area contributed by atoms with Crippen LogP contribution in [0.3, 0.4) is 0 Å². The van der Waals surface area contributed by atoms with Crippen molar-refractivity contribution in [3.05, 3.63) is 218 Å². The fraction of sp³-hybridized carbons (Fsp3) is 0.0690. The van der Waals surface area contributed by atoms with Gasteiger partial charge in [0.2, 0.25) is 11.4 Å². The Morgan fingerprint density at radius 3 is 1.86 bits per heavy atom. The predicted molar refractivity (Wildman–Crippen MR) is 261 cm³/mol. The Balaban J connectivity index is 1.11. The number of rotatable bonds is 8. The molecule has 8 aromatic carbocycles. The van der Waals surface area contributed by atoms with Crippen molar-refractivity contribution in [2.75, 3.05) is 0 Å². The Bertz CT molecular complexity index is 3560. The molecule has 312 valence electrons. The van der Waals surface area contributed by atoms with Crippen molar-refractivity contribution in [3.63, 3.8) is 0 Å². The number of fused-ring (bicyclic) bond motifs is 4. The van der Waals surface area contributed by atoms with E-state index in [9.17, 15) is 8.78 Å². The molecular formula is C58H42F2N4O+2. The van der Waals surface area contributed by atoms with Crippen LogP contribution < -0.4 is 13.9 Å². The van der Waals surface area contributed by atoms with Crippen LogP contribution in [0, 0.1) is 11.6 Å². The number of nitrogens with zero attached hydrogens (tertiary/aromatic N) is 4. The van der Waals surface area contributed by atoms with E-state index in [4.69, 9.17) is 9.72 Å². The van der Waals surface area contributed by atoms with Crippen molar-refractivity contribution in [1.82, 2.24) is 18.7 Å². The Hall–Kier alpha value is -8.25. The molecule has 0 saturated carbocycles. The highest BCUT2D eigenvalue weighted by molar-refractivity contribution is 6.09. The molecule has 0 amide bonds. The van der Waals surface area contributed by atoms with Gasteiger partial charge in [0, 0.05) is 53.4 Å². The number of hydrogen-bond acceptors (Lipinski definition) is 2. The van der Waals surface area contributed by atoms with Crippen LogP contribution in [0.1, 0.15) is 26.3 Å². The number of ether oxygens (including phenoxy) is 1. The maximum Gasteiger partial charge on any atom is 0.503 e. The molecule has 5 nitrogen and oxygen atoms in total. The smallest absolute Gasteiger partial charge is 0.457 e. The minimum absolute atomic E-state index is 0.0571. The monoisotopic (exact) mass is 848 g/mol. The van der Waals surface area contributed by atoms with E-state index in [1.54, 1.807) is 0 Å². The second-order valence-electron chi connectivity index (χ2n) is 17.3. The van der Waals surface area contributed by atoms with Gasteiger partial charge in [0.05, 0.1) is 22.7 Å². The summed E-state index contributed by atoms with van der Waals surface area (Å²) in [6.07, 6.45) is 1.89. The molecule has 0 spiro atoms. The number of halogens is 2. The molecule has 0 N–H and O–H groups in total. The average Bonchev–Trinajstić information content (AvgIpc) is 3.87. The van der Waals surface area contributed by atoms with Crippen molar-refractivity contribution in [1.29, 1.82) is 0 Å². The van der Waals surface area contributed by atoms with E-state index in [0.29, 0.717) is 22.6 Å². The molecule has 65 heavy (non-hydrogen) atoms. The molecule has 10 aromatic rings. The normalized spacial score (nSPS) is 12.3. The van der Waals surface area contributed by atoms with E-state index in [1.165, 1.54) is 17.7 Å². The zero-order valence-corrected chi connectivity index (χ0v) is 36.0. The first kappa shape index (κ1) is 39.6. The molecule has 0 aliphatic carbocycles. The topological polar surface area (TPSA) is 33.1 Å². The predicted octanol–water partition coefficient (Wildman–Crippen LogP) is 15.4. The lowest BCUT2D eigenvalue weighted by Gasteiger charge is -2.20. The fourth-order valence-corrected chi connectivity index (χ4v) is 8.99. The molecule has 3 heterocycles. The summed E-state index contributed by atoms with van der Waals surface area (Å²) in [5.74, 6) is 0.857. The van der Waals surface area contributed by atoms with Gasteiger partial charge in [0.25, 0.3) is 11.4 Å². The van der Waals surface area contributed by atoms with E-state index < -0.39 is 11.6 Å². The second-order valence-corrected chi connectivity index (χ2v) is 17.3. The van der Waals surface area contributed by atoms with Crippen molar-refractivity contribution in [3.8, 4) is 50.7 Å². The highest BCUT2D eigenvalue weighted by Crippen LogP contribution is 2.44. The third kappa shape index (κ3) is 7.28. The maximum absolute atomic E-state index is 14.6. The van der Waals surface area contributed by atoms with Gasteiger partial charge in [-0.1, -0.05) is 118 Å². The van der Waals surface area contributed by atoms with E-state index in [0.717, 1.165) is 78.7 Å². The Kier molecular flexibility index (Phi) is 9.64. The lowest BCUT2D eigenvalue weighted by atomic mass is 9.88. The number of para-hydroxylation sites is 4. The lowest BCUT2D eigenvalue weighted by Crippen LogP contribution is -2.12. The van der Waals surface area contributed by atoms with Crippen LogP contribution in [0.2, 0.25) is 0 Å². The summed E-state index contributed by atoms with van der Waals surface area (Å²) < 4.78 is 42.5. The second kappa shape index (κ2) is 15.8. The van der Waals surface area contributed by atoms with E-state index in [1.807, 2.05) is 82.1 Å². The Morgan fingerprint density at radius 2 is 1.11 bits per heavy atom. The quantitative estimate of drug-likeness (QED) is 0.143. The van der Waals surface area contributed by atoms with Crippen LogP contribution >= 0.6 is 0 Å². The molecule has 0 bridgehead atoms. The van der Waals surface area contributed by atoms with E-state index in [2.05, 4.69) is 141 Å². The molecule has 0 radical (unpaired) electrons. The highest BCUT2D eigenvalue weighted by Gasteiger charge is 2.38. The highest BCUT2D eigenvalue weighted by atomic mass is 19.1. The van der Waals surface area contributed by atoms with Crippen LogP contribution in [0.5, 0.6) is 11.5 Å². The summed E-state index contributed by atoms with van der Waals surface area (Å²) in [5, 5.41) is 2.23. The Morgan fingerprint density at radius 1 is 0.492 bits per heavy atom. The molecule has 11 rings (SSSR count). The van der Waals surface area contributed by atoms with Gasteiger partial charge in [-0.25, -0.2) is 13.8 Å². The molecule has 0 saturated heterocycles. The number of hydrogen-bond donors (Lipinski definition) is 0. The maximum atomic E-state index is 14.6. The third-order valence-corrected chi connectivity index (χ3v) is 12.1. The van der Waals surface area contributed by atoms with Crippen molar-refractivity contribution < 1.29 is 13.5 Å². The lowest BCUT2D eigenvalue weighted by molar-refractivity contribution is 0.483. The van der Waals surface area contributed by atoms with Gasteiger partial charge >= 0.3 is 6.01 Å². The van der Waals surface area contributed by atoms with Crippen molar-refractivity contribution in [2.24, 2.45) is 0 Å². The number of pyridine rings is 1. The summed E-state index contributed by atoms with van der Waals surface area (Å²) in [7, 11) is 0. The average molecular weight is 849 g/mol. The molecule has 7 heteroatoms. The molecule has 0 unspecified atom stereocenters. The molecule has 0 atom stereocenters. The molecule has 1 aliphatic rings.